The molecule has 0 aliphatic rings. The van der Waals surface area contributed by atoms with Crippen LogP contribution in [0.4, 0.5) is 5.69 Å². The van der Waals surface area contributed by atoms with E-state index in [1.54, 1.807) is 13.2 Å². The van der Waals surface area contributed by atoms with Gasteiger partial charge in [-0.15, -0.1) is 11.3 Å². The standard InChI is InChI=1S/C18H21N3O3S/c1-11(21-10-12-4-6-13(23-2)7-5-12)14(9-19)16-8-15(20)17(25-16)18(22)24-3/h4-9,19,21H,10,20H2,1-3H3/b14-11+,19-9?. The fourth-order valence-electron chi connectivity index (χ4n) is 2.23. The highest BCUT2D eigenvalue weighted by Gasteiger charge is 2.17. The Morgan fingerprint density at radius 2 is 2.00 bits per heavy atom. The quantitative estimate of drug-likeness (QED) is 0.520. The van der Waals surface area contributed by atoms with E-state index in [0.717, 1.165) is 21.9 Å². The summed E-state index contributed by atoms with van der Waals surface area (Å²) in [6.45, 7) is 2.50. The van der Waals surface area contributed by atoms with Crippen molar-refractivity contribution in [3.05, 3.63) is 51.3 Å². The summed E-state index contributed by atoms with van der Waals surface area (Å²) in [6.07, 6.45) is 1.25. The Bertz CT molecular complexity index is 794. The van der Waals surface area contributed by atoms with E-state index < -0.39 is 5.97 Å². The number of nitrogens with two attached hydrogens (primary N) is 1. The minimum atomic E-state index is -0.470. The van der Waals surface area contributed by atoms with Crippen LogP contribution in [0.1, 0.15) is 27.0 Å². The Labute approximate surface area is 150 Å². The lowest BCUT2D eigenvalue weighted by molar-refractivity contribution is 0.0607. The number of allylic oxidation sites excluding steroid dienone is 2. The van der Waals surface area contributed by atoms with E-state index in [-0.39, 0.29) is 0 Å². The molecular formula is C18H21N3O3S. The van der Waals surface area contributed by atoms with Crippen molar-refractivity contribution in [3.8, 4) is 5.75 Å². The number of benzene rings is 1. The number of carbonyl (C=O) groups is 1. The maximum Gasteiger partial charge on any atom is 0.350 e. The van der Waals surface area contributed by atoms with Gasteiger partial charge in [0.1, 0.15) is 10.6 Å². The molecule has 0 aliphatic carbocycles. The molecule has 25 heavy (non-hydrogen) atoms. The normalized spacial score (nSPS) is 11.5. The van der Waals surface area contributed by atoms with Gasteiger partial charge in [0.05, 0.1) is 19.9 Å². The average Bonchev–Trinajstić information content (AvgIpc) is 3.01. The van der Waals surface area contributed by atoms with Gasteiger partial charge in [-0.1, -0.05) is 12.1 Å². The molecule has 0 spiro atoms. The van der Waals surface area contributed by atoms with Gasteiger partial charge in [-0.3, -0.25) is 0 Å². The third kappa shape index (κ3) is 4.39. The van der Waals surface area contributed by atoms with Crippen molar-refractivity contribution in [1.29, 1.82) is 5.41 Å². The first-order chi connectivity index (χ1) is 12.0. The van der Waals surface area contributed by atoms with Crippen LogP contribution < -0.4 is 15.8 Å². The van der Waals surface area contributed by atoms with Gasteiger partial charge in [0.25, 0.3) is 0 Å². The molecule has 7 heteroatoms. The number of hydrogen-bond donors (Lipinski definition) is 3. The summed E-state index contributed by atoms with van der Waals surface area (Å²) in [5, 5.41) is 11.0. The van der Waals surface area contributed by atoms with Crippen LogP contribution in [-0.2, 0) is 11.3 Å². The third-order valence-corrected chi connectivity index (χ3v) is 4.83. The number of rotatable bonds is 7. The van der Waals surface area contributed by atoms with E-state index in [0.29, 0.717) is 22.7 Å². The number of ether oxygens (including phenoxy) is 2. The Kier molecular flexibility index (Phi) is 6.19. The second kappa shape index (κ2) is 8.34. The van der Waals surface area contributed by atoms with Crippen LogP contribution in [0.5, 0.6) is 5.75 Å². The Morgan fingerprint density at radius 1 is 1.32 bits per heavy atom. The minimum absolute atomic E-state index is 0.347. The molecule has 1 aromatic heterocycles. The highest BCUT2D eigenvalue weighted by molar-refractivity contribution is 7.16. The number of hydrogen-bond acceptors (Lipinski definition) is 7. The summed E-state index contributed by atoms with van der Waals surface area (Å²) in [4.78, 5) is 12.8. The first-order valence-corrected chi connectivity index (χ1v) is 8.38. The van der Waals surface area contributed by atoms with Crippen LogP contribution in [0.3, 0.4) is 0 Å². The molecule has 0 amide bonds. The van der Waals surface area contributed by atoms with Gasteiger partial charge in [0.2, 0.25) is 0 Å². The van der Waals surface area contributed by atoms with Gasteiger partial charge in [0.15, 0.2) is 0 Å². The maximum absolute atomic E-state index is 11.7. The fourth-order valence-corrected chi connectivity index (χ4v) is 3.30. The van der Waals surface area contributed by atoms with Gasteiger partial charge in [-0.25, -0.2) is 4.79 Å². The number of methoxy groups -OCH3 is 2. The number of esters is 1. The third-order valence-electron chi connectivity index (χ3n) is 3.66. The van der Waals surface area contributed by atoms with Crippen molar-refractivity contribution in [2.45, 2.75) is 13.5 Å². The Balaban J connectivity index is 2.19. The van der Waals surface area contributed by atoms with Gasteiger partial charge < -0.3 is 25.9 Å². The molecule has 1 heterocycles. The molecule has 0 fully saturated rings. The van der Waals surface area contributed by atoms with Gasteiger partial charge >= 0.3 is 5.97 Å². The van der Waals surface area contributed by atoms with Crippen LogP contribution in [0.2, 0.25) is 0 Å². The number of nitrogen functional groups attached to an aromatic ring is 1. The zero-order chi connectivity index (χ0) is 18.4. The number of carbonyl (C=O) groups excluding carboxylic acids is 1. The monoisotopic (exact) mass is 359 g/mol. The zero-order valence-corrected chi connectivity index (χ0v) is 15.2. The van der Waals surface area contributed by atoms with Crippen LogP contribution in [0.15, 0.2) is 36.0 Å². The highest BCUT2D eigenvalue weighted by atomic mass is 32.1. The molecule has 132 valence electrons. The van der Waals surface area contributed by atoms with E-state index >= 15 is 0 Å². The number of anilines is 1. The summed E-state index contributed by atoms with van der Waals surface area (Å²) in [6, 6.07) is 9.44. The van der Waals surface area contributed by atoms with Crippen molar-refractivity contribution in [1.82, 2.24) is 5.32 Å². The first kappa shape index (κ1) is 18.5. The molecule has 0 saturated carbocycles. The molecule has 2 rings (SSSR count). The van der Waals surface area contributed by atoms with Crippen molar-refractivity contribution in [3.63, 3.8) is 0 Å². The minimum Gasteiger partial charge on any atom is -0.497 e. The zero-order valence-electron chi connectivity index (χ0n) is 14.4. The Morgan fingerprint density at radius 3 is 2.56 bits per heavy atom. The van der Waals surface area contributed by atoms with Crippen LogP contribution in [0.25, 0.3) is 5.57 Å². The lowest BCUT2D eigenvalue weighted by Gasteiger charge is -2.10. The van der Waals surface area contributed by atoms with Gasteiger partial charge in [0, 0.05) is 28.9 Å². The summed E-state index contributed by atoms with van der Waals surface area (Å²) >= 11 is 1.21. The molecule has 0 bridgehead atoms. The summed E-state index contributed by atoms with van der Waals surface area (Å²) < 4.78 is 9.86. The van der Waals surface area contributed by atoms with Crippen molar-refractivity contribution in [2.75, 3.05) is 20.0 Å². The molecular weight excluding hydrogens is 338 g/mol. The van der Waals surface area contributed by atoms with E-state index in [1.165, 1.54) is 24.7 Å². The molecule has 0 saturated heterocycles. The second-order valence-electron chi connectivity index (χ2n) is 5.27. The topological polar surface area (TPSA) is 97.4 Å². The molecule has 4 N–H and O–H groups in total. The van der Waals surface area contributed by atoms with E-state index in [4.69, 9.17) is 20.6 Å². The van der Waals surface area contributed by atoms with Crippen LogP contribution in [-0.4, -0.2) is 26.4 Å². The van der Waals surface area contributed by atoms with Crippen LogP contribution >= 0.6 is 11.3 Å². The largest absolute Gasteiger partial charge is 0.497 e. The highest BCUT2D eigenvalue weighted by Crippen LogP contribution is 2.31. The van der Waals surface area contributed by atoms with Crippen LogP contribution in [0, 0.1) is 5.41 Å². The molecule has 0 atom stereocenters. The number of nitrogens with one attached hydrogen (secondary N) is 2. The SMILES string of the molecule is COC(=O)c1sc(/C(C=N)=C(\C)NCc2ccc(OC)cc2)cc1N. The molecule has 2 aromatic rings. The number of thiophene rings is 1. The van der Waals surface area contributed by atoms with Crippen molar-refractivity contribution < 1.29 is 14.3 Å². The van der Waals surface area contributed by atoms with E-state index in [9.17, 15) is 4.79 Å². The molecule has 0 aliphatic heterocycles. The first-order valence-electron chi connectivity index (χ1n) is 7.56. The summed E-state index contributed by atoms with van der Waals surface area (Å²) in [7, 11) is 2.95. The molecule has 6 nitrogen and oxygen atoms in total. The molecule has 0 unspecified atom stereocenters. The molecule has 1 aromatic carbocycles. The van der Waals surface area contributed by atoms with Crippen molar-refractivity contribution >= 4 is 34.8 Å². The fraction of sp³-hybridized carbons (Fsp3) is 0.222. The summed E-state index contributed by atoms with van der Waals surface area (Å²) in [5.41, 5.74) is 8.83. The molecule has 0 radical (unpaired) electrons. The van der Waals surface area contributed by atoms with E-state index in [2.05, 4.69) is 5.32 Å². The lowest BCUT2D eigenvalue weighted by atomic mass is 10.1. The smallest absolute Gasteiger partial charge is 0.350 e. The second-order valence-corrected chi connectivity index (χ2v) is 6.32. The lowest BCUT2D eigenvalue weighted by Crippen LogP contribution is -2.12. The summed E-state index contributed by atoms with van der Waals surface area (Å²) in [5.74, 6) is 0.336. The average molecular weight is 359 g/mol. The Hall–Kier alpha value is -2.80. The van der Waals surface area contributed by atoms with E-state index in [1.807, 2.05) is 31.2 Å². The maximum atomic E-state index is 11.7. The predicted octanol–water partition coefficient (Wildman–Crippen LogP) is 3.30. The van der Waals surface area contributed by atoms with Crippen molar-refractivity contribution in [2.24, 2.45) is 0 Å². The predicted molar refractivity (Wildman–Crippen MR) is 101 cm³/mol. The van der Waals surface area contributed by atoms with Gasteiger partial charge in [-0.2, -0.15) is 0 Å². The van der Waals surface area contributed by atoms with Gasteiger partial charge in [-0.05, 0) is 30.7 Å².